The van der Waals surface area contributed by atoms with E-state index >= 15 is 0 Å². The van der Waals surface area contributed by atoms with Crippen LogP contribution >= 0.6 is 11.8 Å². The van der Waals surface area contributed by atoms with Gasteiger partial charge in [0.15, 0.2) is 5.16 Å². The first-order chi connectivity index (χ1) is 12.5. The van der Waals surface area contributed by atoms with E-state index in [4.69, 9.17) is 4.52 Å². The first kappa shape index (κ1) is 16.6. The molecule has 0 aliphatic carbocycles. The quantitative estimate of drug-likeness (QED) is 0.512. The fourth-order valence-corrected chi connectivity index (χ4v) is 3.12. The van der Waals surface area contributed by atoms with Crippen LogP contribution in [0, 0.1) is 0 Å². The number of nitrogens with one attached hydrogen (secondary N) is 1. The van der Waals surface area contributed by atoms with Crippen LogP contribution in [-0.2, 0) is 11.9 Å². The second kappa shape index (κ2) is 6.49. The van der Waals surface area contributed by atoms with Gasteiger partial charge in [-0.15, -0.1) is 0 Å². The molecule has 2 aromatic heterocycles. The summed E-state index contributed by atoms with van der Waals surface area (Å²) in [6.07, 6.45) is -4.42. The summed E-state index contributed by atoms with van der Waals surface area (Å²) in [5.41, 5.74) is 1.27. The first-order valence-corrected chi connectivity index (χ1v) is 8.55. The van der Waals surface area contributed by atoms with Gasteiger partial charge in [-0.1, -0.05) is 41.2 Å². The molecule has 0 fully saturated rings. The molecule has 4 rings (SSSR count). The van der Waals surface area contributed by atoms with E-state index in [0.717, 1.165) is 23.2 Å². The van der Waals surface area contributed by atoms with Gasteiger partial charge in [-0.2, -0.15) is 18.2 Å². The number of thioether (sulfide) groups is 1. The van der Waals surface area contributed by atoms with Crippen LogP contribution in [0.15, 0.2) is 58.2 Å². The summed E-state index contributed by atoms with van der Waals surface area (Å²) in [5, 5.41) is 4.47. The molecule has 9 heteroatoms. The number of para-hydroxylation sites is 2. The number of imidazole rings is 1. The van der Waals surface area contributed by atoms with Crippen molar-refractivity contribution >= 4 is 22.8 Å². The maximum absolute atomic E-state index is 12.8. The molecule has 132 valence electrons. The average molecular weight is 376 g/mol. The number of aromatic nitrogens is 4. The standard InChI is InChI=1S/C17H11F3N4OS/c18-17(19,20)11-5-3-4-10(8-11)15-23-14(25-24-15)9-26-16-21-12-6-1-2-7-13(12)22-16/h1-8H,9H2,(H,21,22). The number of halogens is 3. The fourth-order valence-electron chi connectivity index (χ4n) is 2.39. The van der Waals surface area contributed by atoms with Gasteiger partial charge in [0.1, 0.15) is 0 Å². The second-order valence-electron chi connectivity index (χ2n) is 5.44. The number of rotatable bonds is 4. The lowest BCUT2D eigenvalue weighted by atomic mass is 10.1. The summed E-state index contributed by atoms with van der Waals surface area (Å²) in [4.78, 5) is 11.8. The number of benzene rings is 2. The van der Waals surface area contributed by atoms with Gasteiger partial charge in [0, 0.05) is 5.56 Å². The minimum Gasteiger partial charge on any atom is -0.338 e. The molecule has 0 spiro atoms. The molecule has 0 saturated heterocycles. The Morgan fingerprint density at radius 2 is 1.88 bits per heavy atom. The van der Waals surface area contributed by atoms with Crippen molar-refractivity contribution in [2.24, 2.45) is 0 Å². The number of fused-ring (bicyclic) bond motifs is 1. The Bertz CT molecular complexity index is 1020. The van der Waals surface area contributed by atoms with Crippen LogP contribution < -0.4 is 0 Å². The molecule has 0 unspecified atom stereocenters. The highest BCUT2D eigenvalue weighted by Crippen LogP contribution is 2.31. The van der Waals surface area contributed by atoms with Gasteiger partial charge in [-0.25, -0.2) is 4.98 Å². The van der Waals surface area contributed by atoms with Crippen LogP contribution in [0.1, 0.15) is 11.5 Å². The molecule has 1 N–H and O–H groups in total. The number of alkyl halides is 3. The molecule has 26 heavy (non-hydrogen) atoms. The van der Waals surface area contributed by atoms with Crippen LogP contribution in [0.3, 0.4) is 0 Å². The summed E-state index contributed by atoms with van der Waals surface area (Å²) in [7, 11) is 0. The Balaban J connectivity index is 1.49. The monoisotopic (exact) mass is 376 g/mol. The van der Waals surface area contributed by atoms with Crippen molar-refractivity contribution in [2.45, 2.75) is 17.1 Å². The van der Waals surface area contributed by atoms with Gasteiger partial charge in [-0.3, -0.25) is 0 Å². The second-order valence-corrected chi connectivity index (χ2v) is 6.40. The van der Waals surface area contributed by atoms with Crippen molar-refractivity contribution < 1.29 is 17.7 Å². The topological polar surface area (TPSA) is 67.6 Å². The minimum absolute atomic E-state index is 0.122. The molecule has 0 radical (unpaired) electrons. The van der Waals surface area contributed by atoms with E-state index in [9.17, 15) is 13.2 Å². The summed E-state index contributed by atoms with van der Waals surface area (Å²) < 4.78 is 43.6. The summed E-state index contributed by atoms with van der Waals surface area (Å²) in [6, 6.07) is 12.5. The van der Waals surface area contributed by atoms with Crippen molar-refractivity contribution in [2.75, 3.05) is 0 Å². The Hall–Kier alpha value is -2.81. The predicted molar refractivity (Wildman–Crippen MR) is 90.4 cm³/mol. The SMILES string of the molecule is FC(F)(F)c1cccc(-c2noc(CSc3nc4ccccc4[nH]3)n2)c1. The molecule has 2 aromatic carbocycles. The fraction of sp³-hybridized carbons (Fsp3) is 0.118. The third kappa shape index (κ3) is 3.43. The zero-order valence-electron chi connectivity index (χ0n) is 13.1. The van der Waals surface area contributed by atoms with Gasteiger partial charge >= 0.3 is 6.18 Å². The van der Waals surface area contributed by atoms with E-state index in [-0.39, 0.29) is 11.4 Å². The van der Waals surface area contributed by atoms with Crippen molar-refractivity contribution in [3.05, 3.63) is 60.0 Å². The normalized spacial score (nSPS) is 12.0. The highest BCUT2D eigenvalue weighted by molar-refractivity contribution is 7.98. The van der Waals surface area contributed by atoms with Gasteiger partial charge in [-0.05, 0) is 24.3 Å². The van der Waals surface area contributed by atoms with Crippen molar-refractivity contribution in [3.63, 3.8) is 0 Å². The molecule has 0 aliphatic heterocycles. The van der Waals surface area contributed by atoms with E-state index in [0.29, 0.717) is 16.8 Å². The van der Waals surface area contributed by atoms with Gasteiger partial charge in [0.25, 0.3) is 0 Å². The molecular weight excluding hydrogens is 365 g/mol. The Morgan fingerprint density at radius 3 is 2.69 bits per heavy atom. The molecule has 0 saturated carbocycles. The lowest BCUT2D eigenvalue weighted by Gasteiger charge is -2.06. The summed E-state index contributed by atoms with van der Waals surface area (Å²) in [6.45, 7) is 0. The molecule has 2 heterocycles. The maximum atomic E-state index is 12.8. The average Bonchev–Trinajstić information content (AvgIpc) is 3.26. The predicted octanol–water partition coefficient (Wildman–Crippen LogP) is 4.92. The molecule has 4 aromatic rings. The molecule has 0 amide bonds. The Labute approximate surface area is 149 Å². The van der Waals surface area contributed by atoms with Gasteiger partial charge < -0.3 is 9.51 Å². The third-order valence-corrected chi connectivity index (χ3v) is 4.47. The van der Waals surface area contributed by atoms with Crippen molar-refractivity contribution in [3.8, 4) is 11.4 Å². The van der Waals surface area contributed by atoms with Crippen LogP contribution in [0.5, 0.6) is 0 Å². The zero-order valence-corrected chi connectivity index (χ0v) is 13.9. The van der Waals surface area contributed by atoms with Crippen LogP contribution in [-0.4, -0.2) is 20.1 Å². The van der Waals surface area contributed by atoms with E-state index < -0.39 is 11.7 Å². The lowest BCUT2D eigenvalue weighted by molar-refractivity contribution is -0.137. The van der Waals surface area contributed by atoms with Gasteiger partial charge in [0.2, 0.25) is 11.7 Å². The third-order valence-electron chi connectivity index (χ3n) is 3.62. The smallest absolute Gasteiger partial charge is 0.338 e. The maximum Gasteiger partial charge on any atom is 0.416 e. The lowest BCUT2D eigenvalue weighted by Crippen LogP contribution is -2.04. The highest BCUT2D eigenvalue weighted by atomic mass is 32.2. The highest BCUT2D eigenvalue weighted by Gasteiger charge is 2.30. The van der Waals surface area contributed by atoms with E-state index in [2.05, 4.69) is 20.1 Å². The summed E-state index contributed by atoms with van der Waals surface area (Å²) in [5.74, 6) is 0.783. The molecule has 0 aliphatic rings. The number of aromatic amines is 1. The van der Waals surface area contributed by atoms with Crippen LogP contribution in [0.2, 0.25) is 0 Å². The molecule has 5 nitrogen and oxygen atoms in total. The number of hydrogen-bond donors (Lipinski definition) is 1. The zero-order chi connectivity index (χ0) is 18.1. The van der Waals surface area contributed by atoms with Crippen LogP contribution in [0.4, 0.5) is 13.2 Å². The largest absolute Gasteiger partial charge is 0.416 e. The van der Waals surface area contributed by atoms with E-state index in [1.54, 1.807) is 0 Å². The minimum atomic E-state index is -4.42. The van der Waals surface area contributed by atoms with Crippen molar-refractivity contribution in [1.82, 2.24) is 20.1 Å². The number of hydrogen-bond acceptors (Lipinski definition) is 5. The molecule has 0 atom stereocenters. The molecule has 0 bridgehead atoms. The van der Waals surface area contributed by atoms with Gasteiger partial charge in [0.05, 0.1) is 22.3 Å². The van der Waals surface area contributed by atoms with Crippen molar-refractivity contribution in [1.29, 1.82) is 0 Å². The number of H-pyrrole nitrogens is 1. The van der Waals surface area contributed by atoms with E-state index in [1.807, 2.05) is 24.3 Å². The van der Waals surface area contributed by atoms with E-state index in [1.165, 1.54) is 23.9 Å². The number of nitrogens with zero attached hydrogens (tertiary/aromatic N) is 3. The molecular formula is C17H11F3N4OS. The Kier molecular flexibility index (Phi) is 4.15. The van der Waals surface area contributed by atoms with Crippen LogP contribution in [0.25, 0.3) is 22.4 Å². The Morgan fingerprint density at radius 1 is 1.04 bits per heavy atom. The first-order valence-electron chi connectivity index (χ1n) is 7.57. The summed E-state index contributed by atoms with van der Waals surface area (Å²) >= 11 is 1.37.